The van der Waals surface area contributed by atoms with Crippen LogP contribution in [0.3, 0.4) is 0 Å². The van der Waals surface area contributed by atoms with Crippen LogP contribution in [-0.4, -0.2) is 10.9 Å². The molecule has 1 heterocycles. The first-order valence-electron chi connectivity index (χ1n) is 5.67. The van der Waals surface area contributed by atoms with Crippen molar-refractivity contribution < 1.29 is 4.79 Å². The van der Waals surface area contributed by atoms with Gasteiger partial charge < -0.3 is 5.32 Å². The van der Waals surface area contributed by atoms with Gasteiger partial charge in [-0.2, -0.15) is 0 Å². The van der Waals surface area contributed by atoms with Gasteiger partial charge in [0.15, 0.2) is 5.82 Å². The number of hydrogen-bond acceptors (Lipinski definition) is 2. The molecule has 0 aromatic carbocycles. The Morgan fingerprint density at radius 2 is 2.31 bits per heavy atom. The molecule has 84 valence electrons. The Morgan fingerprint density at radius 3 is 3.00 bits per heavy atom. The average Bonchev–Trinajstić information content (AvgIpc) is 3.14. The number of hydrogen-bond donors (Lipinski definition) is 1. The molecule has 1 amide bonds. The Balaban J connectivity index is 1.63. The Hall–Kier alpha value is -1.09. The van der Waals surface area contributed by atoms with Crippen LogP contribution in [0, 0.1) is 17.8 Å². The van der Waals surface area contributed by atoms with Crippen LogP contribution in [0.5, 0.6) is 0 Å². The van der Waals surface area contributed by atoms with Crippen LogP contribution in [0.1, 0.15) is 19.3 Å². The molecule has 1 N–H and O–H groups in total. The fourth-order valence-electron chi connectivity index (χ4n) is 2.25. The van der Waals surface area contributed by atoms with Gasteiger partial charge in [-0.3, -0.25) is 4.79 Å². The smallest absolute Gasteiger partial charge is 0.228 e. The lowest BCUT2D eigenvalue weighted by molar-refractivity contribution is -0.117. The summed E-state index contributed by atoms with van der Waals surface area (Å²) in [5, 5.41) is 3.30. The number of carbonyl (C=O) groups excluding carboxylic acids is 1. The molecule has 0 saturated heterocycles. The lowest BCUT2D eigenvalue weighted by atomic mass is 10.2. The molecule has 3 nitrogen and oxygen atoms in total. The first-order valence-corrected chi connectivity index (χ1v) is 6.05. The number of aromatic nitrogens is 1. The molecule has 4 heteroatoms. The lowest BCUT2D eigenvalue weighted by Crippen LogP contribution is -2.16. The van der Waals surface area contributed by atoms with E-state index in [0.717, 1.165) is 12.3 Å². The summed E-state index contributed by atoms with van der Waals surface area (Å²) < 4.78 is 0. The summed E-state index contributed by atoms with van der Waals surface area (Å²) in [6.45, 7) is 0. The summed E-state index contributed by atoms with van der Waals surface area (Å²) in [5.41, 5.74) is 0. The molecule has 1 aromatic heterocycles. The summed E-state index contributed by atoms with van der Waals surface area (Å²) >= 11 is 5.93. The van der Waals surface area contributed by atoms with Gasteiger partial charge in [0.25, 0.3) is 0 Å². The quantitative estimate of drug-likeness (QED) is 0.877. The number of rotatable bonds is 3. The minimum atomic E-state index is 0.0810. The SMILES string of the molecule is O=C(Nc1ncccc1Cl)[C@H]1C[C@@H]1C1CC1. The molecule has 0 bridgehead atoms. The zero-order chi connectivity index (χ0) is 11.1. The van der Waals surface area contributed by atoms with Gasteiger partial charge in [-0.05, 0) is 43.2 Å². The second kappa shape index (κ2) is 3.74. The van der Waals surface area contributed by atoms with E-state index in [1.165, 1.54) is 12.8 Å². The second-order valence-corrected chi connectivity index (χ2v) is 5.07. The van der Waals surface area contributed by atoms with Gasteiger partial charge in [-0.1, -0.05) is 11.6 Å². The molecular weight excluding hydrogens is 224 g/mol. The minimum Gasteiger partial charge on any atom is -0.309 e. The molecule has 2 aliphatic carbocycles. The maximum absolute atomic E-state index is 11.9. The molecule has 2 saturated carbocycles. The van der Waals surface area contributed by atoms with E-state index in [1.807, 2.05) is 0 Å². The summed E-state index contributed by atoms with van der Waals surface area (Å²) in [6, 6.07) is 3.48. The second-order valence-electron chi connectivity index (χ2n) is 4.67. The van der Waals surface area contributed by atoms with Crippen LogP contribution in [0.4, 0.5) is 5.82 Å². The highest BCUT2D eigenvalue weighted by Gasteiger charge is 2.51. The number of carbonyl (C=O) groups is 1. The maximum atomic E-state index is 11.9. The topological polar surface area (TPSA) is 42.0 Å². The van der Waals surface area contributed by atoms with Crippen molar-refractivity contribution in [1.29, 1.82) is 0 Å². The summed E-state index contributed by atoms with van der Waals surface area (Å²) in [6.07, 6.45) is 5.28. The van der Waals surface area contributed by atoms with Crippen molar-refractivity contribution >= 4 is 23.3 Å². The van der Waals surface area contributed by atoms with Crippen molar-refractivity contribution in [1.82, 2.24) is 4.98 Å². The number of nitrogens with one attached hydrogen (secondary N) is 1. The van der Waals surface area contributed by atoms with Crippen molar-refractivity contribution in [3.05, 3.63) is 23.4 Å². The van der Waals surface area contributed by atoms with Gasteiger partial charge in [0.2, 0.25) is 5.91 Å². The molecule has 1 aromatic rings. The van der Waals surface area contributed by atoms with Crippen molar-refractivity contribution in [3.8, 4) is 0 Å². The predicted octanol–water partition coefficient (Wildman–Crippen LogP) is 2.72. The third-order valence-electron chi connectivity index (χ3n) is 3.40. The van der Waals surface area contributed by atoms with Gasteiger partial charge >= 0.3 is 0 Å². The predicted molar refractivity (Wildman–Crippen MR) is 62.2 cm³/mol. The van der Waals surface area contributed by atoms with Gasteiger partial charge in [0.05, 0.1) is 5.02 Å². The Morgan fingerprint density at radius 1 is 1.50 bits per heavy atom. The molecule has 2 fully saturated rings. The van der Waals surface area contributed by atoms with E-state index in [2.05, 4.69) is 10.3 Å². The molecule has 0 spiro atoms. The fourth-order valence-corrected chi connectivity index (χ4v) is 2.42. The molecule has 16 heavy (non-hydrogen) atoms. The zero-order valence-corrected chi connectivity index (χ0v) is 9.57. The normalized spacial score (nSPS) is 27.6. The van der Waals surface area contributed by atoms with Crippen molar-refractivity contribution in [2.45, 2.75) is 19.3 Å². The minimum absolute atomic E-state index is 0.0810. The molecule has 0 radical (unpaired) electrons. The highest BCUT2D eigenvalue weighted by Crippen LogP contribution is 2.54. The van der Waals surface area contributed by atoms with Gasteiger partial charge in [-0.25, -0.2) is 4.98 Å². The van der Waals surface area contributed by atoms with E-state index >= 15 is 0 Å². The highest BCUT2D eigenvalue weighted by atomic mass is 35.5. The fraction of sp³-hybridized carbons (Fsp3) is 0.500. The van der Waals surface area contributed by atoms with Crippen LogP contribution in [-0.2, 0) is 4.79 Å². The van der Waals surface area contributed by atoms with E-state index in [1.54, 1.807) is 18.3 Å². The first-order chi connectivity index (χ1) is 7.75. The van der Waals surface area contributed by atoms with Crippen LogP contribution < -0.4 is 5.32 Å². The van der Waals surface area contributed by atoms with Crippen LogP contribution in [0.2, 0.25) is 5.02 Å². The van der Waals surface area contributed by atoms with Gasteiger partial charge in [-0.15, -0.1) is 0 Å². The largest absolute Gasteiger partial charge is 0.309 e. The Bertz CT molecular complexity index is 431. The van der Waals surface area contributed by atoms with E-state index in [9.17, 15) is 4.79 Å². The van der Waals surface area contributed by atoms with Crippen LogP contribution in [0.25, 0.3) is 0 Å². The third kappa shape index (κ3) is 1.92. The molecule has 2 aliphatic rings. The molecular formula is C12H13ClN2O. The van der Waals surface area contributed by atoms with Crippen molar-refractivity contribution in [2.75, 3.05) is 5.32 Å². The van der Waals surface area contributed by atoms with E-state index < -0.39 is 0 Å². The highest BCUT2D eigenvalue weighted by molar-refractivity contribution is 6.33. The summed E-state index contributed by atoms with van der Waals surface area (Å²) in [5.74, 6) is 2.20. The van der Waals surface area contributed by atoms with E-state index in [0.29, 0.717) is 16.8 Å². The average molecular weight is 237 g/mol. The van der Waals surface area contributed by atoms with E-state index in [-0.39, 0.29) is 11.8 Å². The van der Waals surface area contributed by atoms with Gasteiger partial charge in [0, 0.05) is 12.1 Å². The molecule has 3 rings (SSSR count). The molecule has 0 unspecified atom stereocenters. The number of amides is 1. The first kappa shape index (κ1) is 10.1. The number of nitrogens with zero attached hydrogens (tertiary/aromatic N) is 1. The number of pyridine rings is 1. The lowest BCUT2D eigenvalue weighted by Gasteiger charge is -2.04. The van der Waals surface area contributed by atoms with Crippen molar-refractivity contribution in [2.24, 2.45) is 17.8 Å². The standard InChI is InChI=1S/C12H13ClN2O/c13-10-2-1-5-14-11(10)15-12(16)9-6-8(9)7-3-4-7/h1-2,5,7-9H,3-4,6H2,(H,14,15,16)/t8-,9+/m1/s1. The number of anilines is 1. The summed E-state index contributed by atoms with van der Waals surface area (Å²) in [7, 11) is 0. The Labute approximate surface area is 99.2 Å². The third-order valence-corrected chi connectivity index (χ3v) is 3.71. The van der Waals surface area contributed by atoms with Crippen LogP contribution in [0.15, 0.2) is 18.3 Å². The maximum Gasteiger partial charge on any atom is 0.228 e. The summed E-state index contributed by atoms with van der Waals surface area (Å²) in [4.78, 5) is 15.9. The monoisotopic (exact) mass is 236 g/mol. The Kier molecular flexibility index (Phi) is 2.36. The molecule has 2 atom stereocenters. The number of halogens is 1. The van der Waals surface area contributed by atoms with E-state index in [4.69, 9.17) is 11.6 Å². The molecule has 0 aliphatic heterocycles. The van der Waals surface area contributed by atoms with Gasteiger partial charge in [0.1, 0.15) is 0 Å². The van der Waals surface area contributed by atoms with Crippen LogP contribution >= 0.6 is 11.6 Å². The zero-order valence-electron chi connectivity index (χ0n) is 8.82. The van der Waals surface area contributed by atoms with Crippen molar-refractivity contribution in [3.63, 3.8) is 0 Å².